The Morgan fingerprint density at radius 1 is 0.590 bits per heavy atom. The molecule has 0 unspecified atom stereocenters. The second-order valence-corrected chi connectivity index (χ2v) is 10.6. The van der Waals surface area contributed by atoms with Gasteiger partial charge in [-0.15, -0.1) is 11.3 Å². The molecule has 4 aromatic heterocycles. The van der Waals surface area contributed by atoms with E-state index >= 15 is 0 Å². The van der Waals surface area contributed by atoms with E-state index in [1.54, 1.807) is 11.3 Å². The van der Waals surface area contributed by atoms with Crippen LogP contribution < -0.4 is 0 Å². The number of nitrogens with zero attached hydrogens (tertiary/aromatic N) is 4. The van der Waals surface area contributed by atoms with E-state index in [1.807, 2.05) is 24.4 Å². The van der Waals surface area contributed by atoms with Crippen molar-refractivity contribution in [1.29, 1.82) is 0 Å². The zero-order chi connectivity index (χ0) is 25.8. The van der Waals surface area contributed by atoms with Crippen molar-refractivity contribution in [2.24, 2.45) is 0 Å². The third-order valence-corrected chi connectivity index (χ3v) is 8.34. The molecule has 184 valence electrons. The molecule has 0 radical (unpaired) electrons. The Bertz CT molecular complexity index is 2090. The zero-order valence-corrected chi connectivity index (χ0v) is 21.7. The van der Waals surface area contributed by atoms with Gasteiger partial charge in [0.25, 0.3) is 0 Å². The predicted octanol–water partition coefficient (Wildman–Crippen LogP) is 8.91. The van der Waals surface area contributed by atoms with Crippen molar-refractivity contribution >= 4 is 43.4 Å². The molecular weight excluding hydrogens is 496 g/mol. The molecule has 0 amide bonds. The average Bonchev–Trinajstić information content (AvgIpc) is 3.75. The predicted molar refractivity (Wildman–Crippen MR) is 162 cm³/mol. The van der Waals surface area contributed by atoms with Crippen molar-refractivity contribution < 1.29 is 0 Å². The van der Waals surface area contributed by atoms with Crippen molar-refractivity contribution in [1.82, 2.24) is 19.1 Å². The number of fused-ring (bicyclic) bond motifs is 4. The van der Waals surface area contributed by atoms with E-state index < -0.39 is 0 Å². The molecule has 0 spiro atoms. The van der Waals surface area contributed by atoms with E-state index in [-0.39, 0.29) is 0 Å². The Hall–Kier alpha value is -5.00. The molecule has 5 heteroatoms. The number of aromatic nitrogens is 4. The highest BCUT2D eigenvalue weighted by Crippen LogP contribution is 2.38. The highest BCUT2D eigenvalue weighted by atomic mass is 32.1. The highest BCUT2D eigenvalue weighted by molar-refractivity contribution is 7.21. The summed E-state index contributed by atoms with van der Waals surface area (Å²) < 4.78 is 5.72. The zero-order valence-electron chi connectivity index (χ0n) is 20.9. The Kier molecular flexibility index (Phi) is 4.96. The lowest BCUT2D eigenvalue weighted by molar-refractivity contribution is 1.08. The van der Waals surface area contributed by atoms with Gasteiger partial charge in [-0.2, -0.15) is 0 Å². The largest absolute Gasteiger partial charge is 0.324 e. The molecule has 0 saturated carbocycles. The fourth-order valence-corrected chi connectivity index (χ4v) is 6.38. The molecule has 8 aromatic rings. The lowest BCUT2D eigenvalue weighted by Gasteiger charge is -2.11. The Labute approximate surface area is 229 Å². The van der Waals surface area contributed by atoms with Crippen molar-refractivity contribution in [2.45, 2.75) is 0 Å². The second-order valence-electron chi connectivity index (χ2n) is 9.61. The molecule has 0 bridgehead atoms. The van der Waals surface area contributed by atoms with E-state index in [0.717, 1.165) is 44.2 Å². The SMILES string of the molecule is c1ccc(-c2cccc(-n3c4ccc(-n5cccc5)cc4c4ccc(-c5nc6ccccc6s5)cc43)c2)nc1. The number of para-hydroxylation sites is 1. The van der Waals surface area contributed by atoms with Crippen LogP contribution in [0.3, 0.4) is 0 Å². The Morgan fingerprint density at radius 2 is 1.49 bits per heavy atom. The number of hydrogen-bond donors (Lipinski definition) is 0. The maximum Gasteiger partial charge on any atom is 0.124 e. The standard InChI is InChI=1S/C34H22N4S/c1-2-12-33-30(11-1)36-34(39-33)24-13-15-27-28-22-25(37-18-5-6-19-37)14-16-31(28)38(32(27)21-24)26-9-7-8-23(20-26)29-10-3-4-17-35-29/h1-22H. The molecule has 0 aliphatic rings. The van der Waals surface area contributed by atoms with Crippen LogP contribution in [0.15, 0.2) is 134 Å². The summed E-state index contributed by atoms with van der Waals surface area (Å²) in [7, 11) is 0. The van der Waals surface area contributed by atoms with E-state index in [0.29, 0.717) is 0 Å². The number of pyridine rings is 1. The van der Waals surface area contributed by atoms with Gasteiger partial charge in [0.1, 0.15) is 5.01 Å². The molecule has 8 rings (SSSR count). The van der Waals surface area contributed by atoms with Gasteiger partial charge in [0.2, 0.25) is 0 Å². The molecule has 0 saturated heterocycles. The van der Waals surface area contributed by atoms with E-state index in [1.165, 1.54) is 21.0 Å². The van der Waals surface area contributed by atoms with E-state index in [2.05, 4.69) is 124 Å². The van der Waals surface area contributed by atoms with E-state index in [9.17, 15) is 0 Å². The molecule has 0 atom stereocenters. The van der Waals surface area contributed by atoms with Crippen LogP contribution in [0.4, 0.5) is 0 Å². The monoisotopic (exact) mass is 518 g/mol. The fraction of sp³-hybridized carbons (Fsp3) is 0. The van der Waals surface area contributed by atoms with Gasteiger partial charge in [-0.1, -0.05) is 42.5 Å². The Balaban J connectivity index is 1.39. The first-order chi connectivity index (χ1) is 19.3. The molecule has 4 heterocycles. The minimum absolute atomic E-state index is 0.963. The summed E-state index contributed by atoms with van der Waals surface area (Å²) in [6.45, 7) is 0. The van der Waals surface area contributed by atoms with Crippen LogP contribution in [0.25, 0.3) is 65.2 Å². The third-order valence-electron chi connectivity index (χ3n) is 7.26. The number of benzene rings is 4. The normalized spacial score (nSPS) is 11.6. The summed E-state index contributed by atoms with van der Waals surface area (Å²) in [4.78, 5) is 9.54. The topological polar surface area (TPSA) is 35.6 Å². The Morgan fingerprint density at radius 3 is 2.36 bits per heavy atom. The lowest BCUT2D eigenvalue weighted by Crippen LogP contribution is -1.95. The molecule has 0 fully saturated rings. The van der Waals surface area contributed by atoms with Crippen LogP contribution in [0.2, 0.25) is 0 Å². The van der Waals surface area contributed by atoms with Gasteiger partial charge in [-0.3, -0.25) is 4.98 Å². The minimum Gasteiger partial charge on any atom is -0.324 e. The lowest BCUT2D eigenvalue weighted by atomic mass is 10.1. The third kappa shape index (κ3) is 3.67. The van der Waals surface area contributed by atoms with Gasteiger partial charge in [0, 0.05) is 51.9 Å². The first-order valence-electron chi connectivity index (χ1n) is 12.9. The number of hydrogen-bond acceptors (Lipinski definition) is 3. The van der Waals surface area contributed by atoms with Crippen LogP contribution in [0, 0.1) is 0 Å². The maximum atomic E-state index is 4.95. The number of thiazole rings is 1. The van der Waals surface area contributed by atoms with Gasteiger partial charge < -0.3 is 9.13 Å². The molecule has 0 aliphatic carbocycles. The summed E-state index contributed by atoms with van der Waals surface area (Å²) in [6, 6.07) is 40.6. The van der Waals surface area contributed by atoms with Crippen LogP contribution in [0.5, 0.6) is 0 Å². The molecule has 4 aromatic carbocycles. The fourth-order valence-electron chi connectivity index (χ4n) is 5.42. The van der Waals surface area contributed by atoms with Gasteiger partial charge in [0.15, 0.2) is 0 Å². The van der Waals surface area contributed by atoms with Gasteiger partial charge in [-0.25, -0.2) is 4.98 Å². The van der Waals surface area contributed by atoms with E-state index in [4.69, 9.17) is 4.98 Å². The summed E-state index contributed by atoms with van der Waals surface area (Å²) >= 11 is 1.74. The van der Waals surface area contributed by atoms with Crippen molar-refractivity contribution in [3.8, 4) is 33.2 Å². The minimum atomic E-state index is 0.963. The molecule has 39 heavy (non-hydrogen) atoms. The summed E-state index contributed by atoms with van der Waals surface area (Å²) in [5.74, 6) is 0. The first-order valence-corrected chi connectivity index (χ1v) is 13.7. The first kappa shape index (κ1) is 22.0. The average molecular weight is 519 g/mol. The molecular formula is C34H22N4S. The van der Waals surface area contributed by atoms with Crippen molar-refractivity contribution in [3.05, 3.63) is 134 Å². The highest BCUT2D eigenvalue weighted by Gasteiger charge is 2.16. The molecule has 0 aliphatic heterocycles. The summed E-state index contributed by atoms with van der Waals surface area (Å²) in [5, 5.41) is 3.47. The van der Waals surface area contributed by atoms with Crippen LogP contribution in [-0.2, 0) is 0 Å². The quantitative estimate of drug-likeness (QED) is 0.233. The van der Waals surface area contributed by atoms with Gasteiger partial charge in [0.05, 0.1) is 26.9 Å². The van der Waals surface area contributed by atoms with Crippen LogP contribution in [-0.4, -0.2) is 19.1 Å². The molecule has 4 nitrogen and oxygen atoms in total. The second kappa shape index (κ2) is 8.79. The van der Waals surface area contributed by atoms with Crippen LogP contribution >= 0.6 is 11.3 Å². The maximum absolute atomic E-state index is 4.95. The van der Waals surface area contributed by atoms with Crippen LogP contribution in [0.1, 0.15) is 0 Å². The smallest absolute Gasteiger partial charge is 0.124 e. The number of rotatable bonds is 4. The summed E-state index contributed by atoms with van der Waals surface area (Å²) in [5.41, 5.74) is 8.79. The molecule has 0 N–H and O–H groups in total. The van der Waals surface area contributed by atoms with Crippen molar-refractivity contribution in [2.75, 3.05) is 0 Å². The van der Waals surface area contributed by atoms with Crippen molar-refractivity contribution in [3.63, 3.8) is 0 Å². The summed E-state index contributed by atoms with van der Waals surface area (Å²) in [6.07, 6.45) is 6.01. The van der Waals surface area contributed by atoms with Gasteiger partial charge in [-0.05, 0) is 72.8 Å². The van der Waals surface area contributed by atoms with Gasteiger partial charge >= 0.3 is 0 Å².